The van der Waals surface area contributed by atoms with E-state index in [4.69, 9.17) is 16.3 Å². The minimum absolute atomic E-state index is 0.0221. The summed E-state index contributed by atoms with van der Waals surface area (Å²) in [5.74, 6) is -1.73. The number of sulfonamides is 1. The Morgan fingerprint density at radius 2 is 1.96 bits per heavy atom. The van der Waals surface area contributed by atoms with E-state index in [0.29, 0.717) is 5.92 Å². The smallest absolute Gasteiger partial charge is 0.221 e. The second kappa shape index (κ2) is 6.96. The molecule has 0 aliphatic heterocycles. The van der Waals surface area contributed by atoms with Crippen molar-refractivity contribution in [2.75, 3.05) is 19.8 Å². The van der Waals surface area contributed by atoms with Crippen molar-refractivity contribution < 1.29 is 22.3 Å². The van der Waals surface area contributed by atoms with Crippen LogP contribution in [0.25, 0.3) is 0 Å². The van der Waals surface area contributed by atoms with E-state index in [1.165, 1.54) is 26.6 Å². The fraction of sp³-hybridized carbons (Fsp3) is 0.650. The van der Waals surface area contributed by atoms with Crippen LogP contribution < -0.4 is 4.74 Å². The molecule has 2 aliphatic carbocycles. The minimum atomic E-state index is -3.79. The second-order valence-corrected chi connectivity index (χ2v) is 11.5. The molecule has 3 rings (SSSR count). The molecule has 0 spiro atoms. The first-order valence-electron chi connectivity index (χ1n) is 9.38. The number of carbonyl (C=O) groups excluding carboxylic acids is 1. The number of fused-ring (bicyclic) bond motifs is 2. The zero-order valence-electron chi connectivity index (χ0n) is 16.9. The highest BCUT2D eigenvalue weighted by Gasteiger charge is 2.62. The SMILES string of the molecule is CN(C)S(=O)(=O)CC(=O)c1cc(Cl)c(O[C@@H]2C[C@@H]3CC[C@@]2(C)C3(C)C)cc1F. The van der Waals surface area contributed by atoms with Gasteiger partial charge in [-0.3, -0.25) is 4.79 Å². The summed E-state index contributed by atoms with van der Waals surface area (Å²) in [4.78, 5) is 12.3. The molecule has 2 aliphatic rings. The Hall–Kier alpha value is -1.18. The number of nitrogens with zero attached hydrogens (tertiary/aromatic N) is 1. The number of hydrogen-bond acceptors (Lipinski definition) is 4. The van der Waals surface area contributed by atoms with Gasteiger partial charge in [0.15, 0.2) is 5.78 Å². The summed E-state index contributed by atoms with van der Waals surface area (Å²) >= 11 is 6.27. The first kappa shape index (κ1) is 21.5. The number of halogens is 2. The monoisotopic (exact) mass is 431 g/mol. The van der Waals surface area contributed by atoms with Gasteiger partial charge in [-0.05, 0) is 36.7 Å². The van der Waals surface area contributed by atoms with Crippen molar-refractivity contribution >= 4 is 27.4 Å². The number of benzene rings is 1. The Labute approximate surface area is 171 Å². The zero-order valence-corrected chi connectivity index (χ0v) is 18.5. The van der Waals surface area contributed by atoms with E-state index < -0.39 is 27.4 Å². The molecule has 0 N–H and O–H groups in total. The van der Waals surface area contributed by atoms with Crippen LogP contribution in [-0.4, -0.2) is 44.5 Å². The number of ether oxygens (including phenoxy) is 1. The molecule has 0 amide bonds. The van der Waals surface area contributed by atoms with E-state index in [-0.39, 0.29) is 33.3 Å². The van der Waals surface area contributed by atoms with Crippen LogP contribution in [0, 0.1) is 22.6 Å². The summed E-state index contributed by atoms with van der Waals surface area (Å²) in [5, 5.41) is 0.108. The largest absolute Gasteiger partial charge is 0.488 e. The van der Waals surface area contributed by atoms with E-state index in [1.54, 1.807) is 0 Å². The van der Waals surface area contributed by atoms with Crippen LogP contribution in [0.5, 0.6) is 5.75 Å². The molecule has 3 atom stereocenters. The predicted molar refractivity (Wildman–Crippen MR) is 107 cm³/mol. The van der Waals surface area contributed by atoms with Crippen molar-refractivity contribution in [1.82, 2.24) is 4.31 Å². The van der Waals surface area contributed by atoms with E-state index in [2.05, 4.69) is 20.8 Å². The van der Waals surface area contributed by atoms with Crippen LogP contribution in [0.1, 0.15) is 50.4 Å². The van der Waals surface area contributed by atoms with Gasteiger partial charge in [-0.25, -0.2) is 17.1 Å². The number of carbonyl (C=O) groups is 1. The average Bonchev–Trinajstić information content (AvgIpc) is 2.90. The predicted octanol–water partition coefficient (Wildman–Crippen LogP) is 4.15. The summed E-state index contributed by atoms with van der Waals surface area (Å²) in [6.45, 7) is 6.71. The minimum Gasteiger partial charge on any atom is -0.488 e. The number of ketones is 1. The molecular formula is C20H27ClFNO4S. The van der Waals surface area contributed by atoms with Crippen molar-refractivity contribution in [3.8, 4) is 5.75 Å². The van der Waals surface area contributed by atoms with Crippen molar-refractivity contribution in [2.45, 2.75) is 46.1 Å². The fourth-order valence-corrected chi connectivity index (χ4v) is 5.62. The molecule has 28 heavy (non-hydrogen) atoms. The van der Waals surface area contributed by atoms with Crippen LogP contribution in [0.4, 0.5) is 4.39 Å². The third kappa shape index (κ3) is 3.35. The first-order chi connectivity index (χ1) is 12.8. The van der Waals surface area contributed by atoms with Gasteiger partial charge in [0.05, 0.1) is 10.6 Å². The molecule has 0 saturated heterocycles. The molecule has 0 aromatic heterocycles. The number of rotatable bonds is 6. The lowest BCUT2D eigenvalue weighted by Gasteiger charge is -2.39. The van der Waals surface area contributed by atoms with Gasteiger partial charge in [0, 0.05) is 25.6 Å². The van der Waals surface area contributed by atoms with Crippen LogP contribution in [-0.2, 0) is 10.0 Å². The molecule has 1 aromatic rings. The molecule has 2 bridgehead atoms. The lowest BCUT2D eigenvalue weighted by molar-refractivity contribution is 0.0300. The Bertz CT molecular complexity index is 915. The molecule has 156 valence electrons. The number of hydrogen-bond donors (Lipinski definition) is 0. The summed E-state index contributed by atoms with van der Waals surface area (Å²) in [6.07, 6.45) is 3.03. The zero-order chi connectivity index (χ0) is 21.1. The molecule has 2 saturated carbocycles. The third-order valence-corrected chi connectivity index (χ3v) is 9.21. The van der Waals surface area contributed by atoms with Crippen molar-refractivity contribution in [1.29, 1.82) is 0 Å². The van der Waals surface area contributed by atoms with Crippen LogP contribution >= 0.6 is 11.6 Å². The standard InChI is InChI=1S/C20H27ClFNO4S/c1-19(2)12-6-7-20(19,3)18(8-12)27-17-10-15(22)13(9-14(17)21)16(24)11-28(25,26)23(4)5/h9-10,12,18H,6-8,11H2,1-5H3/t12-,18+,20+/m0/s1. The van der Waals surface area contributed by atoms with Gasteiger partial charge in [0.25, 0.3) is 0 Å². The third-order valence-electron chi connectivity index (χ3n) is 7.17. The van der Waals surface area contributed by atoms with E-state index in [0.717, 1.165) is 23.2 Å². The van der Waals surface area contributed by atoms with Gasteiger partial charge in [0.1, 0.15) is 23.4 Å². The Kier molecular flexibility index (Phi) is 5.35. The lowest BCUT2D eigenvalue weighted by atomic mass is 9.70. The van der Waals surface area contributed by atoms with Crippen molar-refractivity contribution in [2.24, 2.45) is 16.7 Å². The maximum atomic E-state index is 14.6. The van der Waals surface area contributed by atoms with Gasteiger partial charge in [-0.15, -0.1) is 0 Å². The normalized spacial score (nSPS) is 28.7. The second-order valence-electron chi connectivity index (χ2n) is 8.94. The van der Waals surface area contributed by atoms with E-state index in [1.807, 2.05) is 0 Å². The maximum Gasteiger partial charge on any atom is 0.221 e. The summed E-state index contributed by atoms with van der Waals surface area (Å²) in [5.41, 5.74) is -0.229. The highest BCUT2D eigenvalue weighted by molar-refractivity contribution is 7.89. The van der Waals surface area contributed by atoms with Gasteiger partial charge < -0.3 is 4.74 Å². The van der Waals surface area contributed by atoms with Gasteiger partial charge in [0.2, 0.25) is 10.0 Å². The highest BCUT2D eigenvalue weighted by Crippen LogP contribution is 2.66. The lowest BCUT2D eigenvalue weighted by Crippen LogP contribution is -2.39. The van der Waals surface area contributed by atoms with Crippen LogP contribution in [0.2, 0.25) is 5.02 Å². The van der Waals surface area contributed by atoms with Crippen LogP contribution in [0.3, 0.4) is 0 Å². The molecule has 0 unspecified atom stereocenters. The molecule has 8 heteroatoms. The first-order valence-corrected chi connectivity index (χ1v) is 11.4. The van der Waals surface area contributed by atoms with E-state index >= 15 is 0 Å². The Morgan fingerprint density at radius 3 is 2.46 bits per heavy atom. The number of Topliss-reactive ketones (excluding diaryl/α,β-unsaturated/α-hetero) is 1. The van der Waals surface area contributed by atoms with Gasteiger partial charge >= 0.3 is 0 Å². The molecule has 0 radical (unpaired) electrons. The summed E-state index contributed by atoms with van der Waals surface area (Å²) in [7, 11) is -1.15. The van der Waals surface area contributed by atoms with Crippen LogP contribution in [0.15, 0.2) is 12.1 Å². The average molecular weight is 432 g/mol. The van der Waals surface area contributed by atoms with E-state index in [9.17, 15) is 17.6 Å². The molecule has 2 fully saturated rings. The Morgan fingerprint density at radius 1 is 1.32 bits per heavy atom. The summed E-state index contributed by atoms with van der Waals surface area (Å²) < 4.78 is 45.5. The Balaban J connectivity index is 1.83. The molecule has 1 aromatic carbocycles. The highest BCUT2D eigenvalue weighted by atomic mass is 35.5. The molecule has 5 nitrogen and oxygen atoms in total. The van der Waals surface area contributed by atoms with Crippen molar-refractivity contribution in [3.05, 3.63) is 28.5 Å². The van der Waals surface area contributed by atoms with Gasteiger partial charge in [-0.1, -0.05) is 32.4 Å². The van der Waals surface area contributed by atoms with Crippen molar-refractivity contribution in [3.63, 3.8) is 0 Å². The fourth-order valence-electron chi connectivity index (χ4n) is 4.67. The molecule has 0 heterocycles. The molecular weight excluding hydrogens is 405 g/mol. The maximum absolute atomic E-state index is 14.6. The quantitative estimate of drug-likeness (QED) is 0.635. The summed E-state index contributed by atoms with van der Waals surface area (Å²) in [6, 6.07) is 2.26. The topological polar surface area (TPSA) is 63.7 Å². The van der Waals surface area contributed by atoms with Gasteiger partial charge in [-0.2, -0.15) is 0 Å².